The average molecular weight is 401 g/mol. The zero-order valence-corrected chi connectivity index (χ0v) is 16.7. The lowest BCUT2D eigenvalue weighted by atomic mass is 10.1. The molecule has 0 aliphatic carbocycles. The van der Waals surface area contributed by atoms with E-state index in [1.165, 1.54) is 0 Å². The van der Waals surface area contributed by atoms with E-state index < -0.39 is 0 Å². The van der Waals surface area contributed by atoms with Crippen LogP contribution in [0.5, 0.6) is 11.5 Å². The highest BCUT2D eigenvalue weighted by molar-refractivity contribution is 5.94. The lowest BCUT2D eigenvalue weighted by molar-refractivity contribution is 0.0953. The van der Waals surface area contributed by atoms with E-state index >= 15 is 0 Å². The van der Waals surface area contributed by atoms with Gasteiger partial charge in [0.1, 0.15) is 23.8 Å². The van der Waals surface area contributed by atoms with Crippen molar-refractivity contribution in [2.24, 2.45) is 0 Å². The second-order valence-electron chi connectivity index (χ2n) is 6.87. The number of rotatable bonds is 8. The molecule has 0 aliphatic heterocycles. The summed E-state index contributed by atoms with van der Waals surface area (Å²) >= 11 is 0. The van der Waals surface area contributed by atoms with Gasteiger partial charge in [-0.05, 0) is 54.4 Å². The van der Waals surface area contributed by atoms with Gasteiger partial charge in [-0.1, -0.05) is 24.3 Å². The fourth-order valence-corrected chi connectivity index (χ4v) is 3.16. The zero-order chi connectivity index (χ0) is 20.8. The standard InChI is InChI=1S/C24H23N3O3/c1-29-21-10-8-18(9-11-21)12-13-25-24(28)19-5-4-6-22(15-19)30-17-20-16-27-14-3-2-7-23(27)26-20/h2-11,14-16H,12-13,17H2,1H3,(H,25,28). The number of amides is 1. The number of carbonyl (C=O) groups is 1. The van der Waals surface area contributed by atoms with Crippen molar-refractivity contribution in [3.05, 3.63) is 95.9 Å². The minimum Gasteiger partial charge on any atom is -0.497 e. The van der Waals surface area contributed by atoms with Crippen molar-refractivity contribution in [2.75, 3.05) is 13.7 Å². The number of fused-ring (bicyclic) bond motifs is 1. The molecular formula is C24H23N3O3. The first kappa shape index (κ1) is 19.5. The number of imidazole rings is 1. The Hall–Kier alpha value is -3.80. The van der Waals surface area contributed by atoms with Gasteiger partial charge in [0.05, 0.1) is 12.8 Å². The van der Waals surface area contributed by atoms with Gasteiger partial charge in [0.2, 0.25) is 0 Å². The highest BCUT2D eigenvalue weighted by atomic mass is 16.5. The van der Waals surface area contributed by atoms with Crippen LogP contribution in [-0.2, 0) is 13.0 Å². The molecule has 0 aliphatic rings. The molecule has 0 radical (unpaired) electrons. The van der Waals surface area contributed by atoms with Gasteiger partial charge in [0.15, 0.2) is 0 Å². The van der Waals surface area contributed by atoms with E-state index in [4.69, 9.17) is 9.47 Å². The van der Waals surface area contributed by atoms with Gasteiger partial charge in [-0.15, -0.1) is 0 Å². The number of pyridine rings is 1. The summed E-state index contributed by atoms with van der Waals surface area (Å²) in [6.07, 6.45) is 4.63. The smallest absolute Gasteiger partial charge is 0.251 e. The van der Waals surface area contributed by atoms with Crippen molar-refractivity contribution in [2.45, 2.75) is 13.0 Å². The molecular weight excluding hydrogens is 378 g/mol. The Kier molecular flexibility index (Phi) is 5.94. The number of hydrogen-bond donors (Lipinski definition) is 1. The molecule has 1 N–H and O–H groups in total. The van der Waals surface area contributed by atoms with Crippen molar-refractivity contribution in [3.8, 4) is 11.5 Å². The highest BCUT2D eigenvalue weighted by Gasteiger charge is 2.08. The molecule has 4 rings (SSSR count). The van der Waals surface area contributed by atoms with Gasteiger partial charge >= 0.3 is 0 Å². The number of nitrogens with zero attached hydrogens (tertiary/aromatic N) is 2. The summed E-state index contributed by atoms with van der Waals surface area (Å²) in [7, 11) is 1.64. The first-order valence-electron chi connectivity index (χ1n) is 9.78. The third-order valence-corrected chi connectivity index (χ3v) is 4.76. The largest absolute Gasteiger partial charge is 0.497 e. The molecule has 0 saturated carbocycles. The zero-order valence-electron chi connectivity index (χ0n) is 16.7. The molecule has 0 atom stereocenters. The summed E-state index contributed by atoms with van der Waals surface area (Å²) in [5, 5.41) is 2.95. The molecule has 6 heteroatoms. The minimum atomic E-state index is -0.123. The second kappa shape index (κ2) is 9.13. The number of aromatic nitrogens is 2. The Morgan fingerprint density at radius 2 is 1.90 bits per heavy atom. The Bertz CT molecular complexity index is 1100. The maximum atomic E-state index is 12.5. The van der Waals surface area contributed by atoms with Crippen LogP contribution in [-0.4, -0.2) is 28.9 Å². The van der Waals surface area contributed by atoms with Gasteiger partial charge in [-0.25, -0.2) is 4.98 Å². The third-order valence-electron chi connectivity index (χ3n) is 4.76. The minimum absolute atomic E-state index is 0.123. The Labute approximate surface area is 175 Å². The quantitative estimate of drug-likeness (QED) is 0.486. The molecule has 0 unspecified atom stereocenters. The first-order chi connectivity index (χ1) is 14.7. The molecule has 152 valence electrons. The lowest BCUT2D eigenvalue weighted by Gasteiger charge is -2.08. The van der Waals surface area contributed by atoms with Crippen LogP contribution in [0.25, 0.3) is 5.65 Å². The summed E-state index contributed by atoms with van der Waals surface area (Å²) in [6, 6.07) is 20.9. The Morgan fingerprint density at radius 1 is 1.03 bits per heavy atom. The molecule has 1 amide bonds. The molecule has 2 heterocycles. The van der Waals surface area contributed by atoms with E-state index in [0.717, 1.165) is 29.1 Å². The van der Waals surface area contributed by atoms with Crippen LogP contribution < -0.4 is 14.8 Å². The van der Waals surface area contributed by atoms with E-state index in [0.29, 0.717) is 24.5 Å². The van der Waals surface area contributed by atoms with Gasteiger partial charge in [-0.2, -0.15) is 0 Å². The number of hydrogen-bond acceptors (Lipinski definition) is 4. The Balaban J connectivity index is 1.31. The van der Waals surface area contributed by atoms with E-state index in [1.54, 1.807) is 19.2 Å². The van der Waals surface area contributed by atoms with E-state index in [1.807, 2.05) is 71.4 Å². The topological polar surface area (TPSA) is 64.9 Å². The van der Waals surface area contributed by atoms with E-state index in [2.05, 4.69) is 10.3 Å². The van der Waals surface area contributed by atoms with Gasteiger partial charge in [-0.3, -0.25) is 4.79 Å². The van der Waals surface area contributed by atoms with Crippen LogP contribution in [0.2, 0.25) is 0 Å². The van der Waals surface area contributed by atoms with Gasteiger partial charge in [0.25, 0.3) is 5.91 Å². The second-order valence-corrected chi connectivity index (χ2v) is 6.87. The monoisotopic (exact) mass is 401 g/mol. The van der Waals surface area contributed by atoms with Crippen molar-refractivity contribution >= 4 is 11.6 Å². The van der Waals surface area contributed by atoms with Crippen molar-refractivity contribution in [1.29, 1.82) is 0 Å². The lowest BCUT2D eigenvalue weighted by Crippen LogP contribution is -2.25. The summed E-state index contributed by atoms with van der Waals surface area (Å²) < 4.78 is 12.9. The van der Waals surface area contributed by atoms with Crippen molar-refractivity contribution in [3.63, 3.8) is 0 Å². The maximum Gasteiger partial charge on any atom is 0.251 e. The first-order valence-corrected chi connectivity index (χ1v) is 9.78. The molecule has 0 bridgehead atoms. The summed E-state index contributed by atoms with van der Waals surface area (Å²) in [6.45, 7) is 0.891. The van der Waals surface area contributed by atoms with Gasteiger partial charge < -0.3 is 19.2 Å². The average Bonchev–Trinajstić information content (AvgIpc) is 3.21. The van der Waals surface area contributed by atoms with Crippen LogP contribution in [0.15, 0.2) is 79.1 Å². The fraction of sp³-hybridized carbons (Fsp3) is 0.167. The molecule has 0 saturated heterocycles. The van der Waals surface area contributed by atoms with Crippen molar-refractivity contribution in [1.82, 2.24) is 14.7 Å². The summed E-state index contributed by atoms with van der Waals surface area (Å²) in [5.74, 6) is 1.33. The number of benzene rings is 2. The van der Waals surface area contributed by atoms with Crippen LogP contribution in [0.3, 0.4) is 0 Å². The van der Waals surface area contributed by atoms with Crippen LogP contribution in [0.4, 0.5) is 0 Å². The number of methoxy groups -OCH3 is 1. The molecule has 4 aromatic rings. The predicted molar refractivity (Wildman–Crippen MR) is 115 cm³/mol. The van der Waals surface area contributed by atoms with Crippen LogP contribution in [0, 0.1) is 0 Å². The van der Waals surface area contributed by atoms with E-state index in [-0.39, 0.29) is 5.91 Å². The van der Waals surface area contributed by atoms with Crippen molar-refractivity contribution < 1.29 is 14.3 Å². The molecule has 2 aromatic heterocycles. The molecule has 2 aromatic carbocycles. The normalized spacial score (nSPS) is 10.7. The predicted octanol–water partition coefficient (Wildman–Crippen LogP) is 3.89. The summed E-state index contributed by atoms with van der Waals surface area (Å²) in [4.78, 5) is 17.0. The van der Waals surface area contributed by atoms with Crippen LogP contribution in [0.1, 0.15) is 21.6 Å². The number of ether oxygens (including phenoxy) is 2. The van der Waals surface area contributed by atoms with Gasteiger partial charge in [0, 0.05) is 24.5 Å². The third kappa shape index (κ3) is 4.78. The molecule has 6 nitrogen and oxygen atoms in total. The summed E-state index contributed by atoms with van der Waals surface area (Å²) in [5.41, 5.74) is 3.41. The SMILES string of the molecule is COc1ccc(CCNC(=O)c2cccc(OCc3cn4ccccc4n3)c2)cc1. The highest BCUT2D eigenvalue weighted by Crippen LogP contribution is 2.16. The fourth-order valence-electron chi connectivity index (χ4n) is 3.16. The Morgan fingerprint density at radius 3 is 2.70 bits per heavy atom. The van der Waals surface area contributed by atoms with Crippen LogP contribution >= 0.6 is 0 Å². The molecule has 0 fully saturated rings. The maximum absolute atomic E-state index is 12.5. The number of carbonyl (C=O) groups excluding carboxylic acids is 1. The number of nitrogens with one attached hydrogen (secondary N) is 1. The van der Waals surface area contributed by atoms with E-state index in [9.17, 15) is 4.79 Å². The molecule has 30 heavy (non-hydrogen) atoms. The molecule has 0 spiro atoms.